The molecule has 5 nitrogen and oxygen atoms in total. The van der Waals surface area contributed by atoms with Crippen LogP contribution in [0.25, 0.3) is 10.2 Å². The number of hydrogen-bond acceptors (Lipinski definition) is 5. The van der Waals surface area contributed by atoms with Crippen molar-refractivity contribution in [3.05, 3.63) is 80.7 Å². The zero-order valence-electron chi connectivity index (χ0n) is 16.4. The number of nitrogens with zero attached hydrogens (tertiary/aromatic N) is 2. The van der Waals surface area contributed by atoms with Gasteiger partial charge in [-0.15, -0.1) is 11.3 Å². The van der Waals surface area contributed by atoms with Crippen molar-refractivity contribution < 1.29 is 4.79 Å². The summed E-state index contributed by atoms with van der Waals surface area (Å²) < 4.78 is 1.74. The lowest BCUT2D eigenvalue weighted by Crippen LogP contribution is -2.24. The Hall–Kier alpha value is -2.64. The first-order valence-electron chi connectivity index (χ1n) is 10.1. The van der Waals surface area contributed by atoms with Crippen molar-refractivity contribution in [2.24, 2.45) is 0 Å². The number of nitrogens with one attached hydrogen (secondary N) is 1. The molecule has 30 heavy (non-hydrogen) atoms. The smallest absolute Gasteiger partial charge is 0.263 e. The lowest BCUT2D eigenvalue weighted by molar-refractivity contribution is 0.101. The molecule has 4 aromatic rings. The van der Waals surface area contributed by atoms with Gasteiger partial charge in [-0.1, -0.05) is 42.1 Å². The second kappa shape index (κ2) is 8.24. The van der Waals surface area contributed by atoms with E-state index in [4.69, 9.17) is 4.98 Å². The summed E-state index contributed by atoms with van der Waals surface area (Å²) in [5.74, 6) is 0.231. The fourth-order valence-electron chi connectivity index (χ4n) is 3.95. The molecule has 3 aromatic heterocycles. The summed E-state index contributed by atoms with van der Waals surface area (Å²) in [6, 6.07) is 13.5. The van der Waals surface area contributed by atoms with Gasteiger partial charge in [-0.3, -0.25) is 14.2 Å². The van der Waals surface area contributed by atoms with Gasteiger partial charge in [0.05, 0.1) is 23.4 Å². The Balaban J connectivity index is 1.57. The van der Waals surface area contributed by atoms with E-state index >= 15 is 0 Å². The van der Waals surface area contributed by atoms with E-state index in [-0.39, 0.29) is 17.1 Å². The topological polar surface area (TPSA) is 67.8 Å². The first-order valence-corrected chi connectivity index (χ1v) is 11.9. The third-order valence-electron chi connectivity index (χ3n) is 5.45. The minimum absolute atomic E-state index is 0.00363. The summed E-state index contributed by atoms with van der Waals surface area (Å²) in [6.07, 6.45) is 6.02. The van der Waals surface area contributed by atoms with Crippen LogP contribution in [-0.4, -0.2) is 26.1 Å². The molecule has 0 radical (unpaired) electrons. The van der Waals surface area contributed by atoms with Crippen LogP contribution in [0.4, 0.5) is 0 Å². The second-order valence-corrected chi connectivity index (χ2v) is 9.48. The molecule has 7 heteroatoms. The van der Waals surface area contributed by atoms with Gasteiger partial charge in [-0.2, -0.15) is 0 Å². The number of thiophene rings is 1. The predicted molar refractivity (Wildman–Crippen MR) is 122 cm³/mol. The third-order valence-corrected chi connectivity index (χ3v) is 7.62. The van der Waals surface area contributed by atoms with Crippen LogP contribution in [0.15, 0.2) is 58.6 Å². The number of Topliss-reactive ketones (excluding diaryl/α,β-unsaturated/α-hetero) is 1. The summed E-state index contributed by atoms with van der Waals surface area (Å²) in [5, 5.41) is 1.39. The van der Waals surface area contributed by atoms with Gasteiger partial charge in [0.2, 0.25) is 0 Å². The van der Waals surface area contributed by atoms with Gasteiger partial charge < -0.3 is 4.98 Å². The Bertz CT molecular complexity index is 1260. The number of carbonyl (C=O) groups excluding carboxylic acids is 1. The summed E-state index contributed by atoms with van der Waals surface area (Å²) in [5.41, 5.74) is 2.83. The minimum atomic E-state index is -0.00363. The van der Waals surface area contributed by atoms with Gasteiger partial charge in [-0.05, 0) is 48.9 Å². The standard InChI is InChI=1S/C23H21N3O2S2/c27-18(17-10-6-12-24-17)14-29-23-25-21-20(16-9-4-5-11-19(16)30-21)22(28)26(23)13-15-7-2-1-3-8-15/h1-3,6-8,10,12,24H,4-5,9,11,13-14H2. The van der Waals surface area contributed by atoms with Crippen LogP contribution in [0.5, 0.6) is 0 Å². The van der Waals surface area contributed by atoms with Gasteiger partial charge in [0.25, 0.3) is 5.56 Å². The van der Waals surface area contributed by atoms with E-state index in [0.29, 0.717) is 17.4 Å². The molecule has 0 saturated carbocycles. The van der Waals surface area contributed by atoms with Crippen molar-refractivity contribution in [1.29, 1.82) is 0 Å². The lowest BCUT2D eigenvalue weighted by atomic mass is 9.97. The molecule has 0 aliphatic heterocycles. The van der Waals surface area contributed by atoms with E-state index < -0.39 is 0 Å². The van der Waals surface area contributed by atoms with E-state index in [1.54, 1.807) is 28.2 Å². The molecule has 0 unspecified atom stereocenters. The quantitative estimate of drug-likeness (QED) is 0.271. The SMILES string of the molecule is O=C(CSc1nc2sc3c(c2c(=O)n1Cc1ccccc1)CCCC3)c1ccc[nH]1. The number of hydrogen-bond donors (Lipinski definition) is 1. The molecular formula is C23H21N3O2S2. The highest BCUT2D eigenvalue weighted by Gasteiger charge is 2.23. The summed E-state index contributed by atoms with van der Waals surface area (Å²) in [7, 11) is 0. The number of aryl methyl sites for hydroxylation is 2. The Morgan fingerprint density at radius 2 is 1.97 bits per heavy atom. The summed E-state index contributed by atoms with van der Waals surface area (Å²) >= 11 is 2.98. The van der Waals surface area contributed by atoms with Gasteiger partial charge in [0, 0.05) is 11.1 Å². The van der Waals surface area contributed by atoms with Crippen molar-refractivity contribution in [1.82, 2.24) is 14.5 Å². The predicted octanol–water partition coefficient (Wildman–Crippen LogP) is 4.69. The van der Waals surface area contributed by atoms with E-state index in [2.05, 4.69) is 4.98 Å². The van der Waals surface area contributed by atoms with Crippen LogP contribution in [0, 0.1) is 0 Å². The maximum atomic E-state index is 13.6. The average molecular weight is 436 g/mol. The molecule has 1 aromatic carbocycles. The van der Waals surface area contributed by atoms with Crippen molar-refractivity contribution in [3.63, 3.8) is 0 Å². The molecule has 5 rings (SSSR count). The first-order chi connectivity index (χ1) is 14.7. The van der Waals surface area contributed by atoms with Crippen LogP contribution in [0.3, 0.4) is 0 Å². The largest absolute Gasteiger partial charge is 0.359 e. The molecule has 1 N–H and O–H groups in total. The number of ketones is 1. The molecular weight excluding hydrogens is 414 g/mol. The Morgan fingerprint density at radius 3 is 2.77 bits per heavy atom. The fraction of sp³-hybridized carbons (Fsp3) is 0.261. The maximum absolute atomic E-state index is 13.6. The Labute approximate surface area is 182 Å². The Morgan fingerprint density at radius 1 is 1.13 bits per heavy atom. The van der Waals surface area contributed by atoms with Crippen molar-refractivity contribution in [2.45, 2.75) is 37.4 Å². The van der Waals surface area contributed by atoms with Crippen molar-refractivity contribution in [2.75, 3.05) is 5.75 Å². The number of H-pyrrole nitrogens is 1. The second-order valence-electron chi connectivity index (χ2n) is 7.46. The molecule has 0 amide bonds. The third kappa shape index (κ3) is 3.63. The van der Waals surface area contributed by atoms with Crippen LogP contribution < -0.4 is 5.56 Å². The van der Waals surface area contributed by atoms with Crippen molar-refractivity contribution in [3.8, 4) is 0 Å². The molecule has 0 atom stereocenters. The molecule has 152 valence electrons. The normalized spacial score (nSPS) is 13.5. The number of aromatic amines is 1. The highest BCUT2D eigenvalue weighted by atomic mass is 32.2. The number of thioether (sulfide) groups is 1. The molecule has 0 bridgehead atoms. The first kappa shape index (κ1) is 19.3. The number of carbonyl (C=O) groups is 1. The Kier molecular flexibility index (Phi) is 5.31. The van der Waals surface area contributed by atoms with Gasteiger partial charge >= 0.3 is 0 Å². The molecule has 1 aliphatic rings. The van der Waals surface area contributed by atoms with Gasteiger partial charge in [-0.25, -0.2) is 4.98 Å². The van der Waals surface area contributed by atoms with Crippen molar-refractivity contribution >= 4 is 39.1 Å². The molecule has 3 heterocycles. The summed E-state index contributed by atoms with van der Waals surface area (Å²) in [4.78, 5) is 36.0. The minimum Gasteiger partial charge on any atom is -0.359 e. The molecule has 0 fully saturated rings. The lowest BCUT2D eigenvalue weighted by Gasteiger charge is -2.13. The van der Waals surface area contributed by atoms with E-state index in [1.807, 2.05) is 36.4 Å². The monoisotopic (exact) mass is 435 g/mol. The number of rotatable bonds is 6. The highest BCUT2D eigenvalue weighted by molar-refractivity contribution is 7.99. The zero-order valence-corrected chi connectivity index (χ0v) is 18.0. The number of benzene rings is 1. The van der Waals surface area contributed by atoms with Crippen LogP contribution in [-0.2, 0) is 19.4 Å². The molecule has 1 aliphatic carbocycles. The average Bonchev–Trinajstić information content (AvgIpc) is 3.43. The number of fused-ring (bicyclic) bond motifs is 3. The van der Waals surface area contributed by atoms with E-state index in [0.717, 1.165) is 35.0 Å². The van der Waals surface area contributed by atoms with Crippen LogP contribution >= 0.6 is 23.1 Å². The van der Waals surface area contributed by atoms with Gasteiger partial charge in [0.15, 0.2) is 10.9 Å². The van der Waals surface area contributed by atoms with Gasteiger partial charge in [0.1, 0.15) is 4.83 Å². The maximum Gasteiger partial charge on any atom is 0.263 e. The van der Waals surface area contributed by atoms with E-state index in [1.165, 1.54) is 28.6 Å². The zero-order chi connectivity index (χ0) is 20.5. The highest BCUT2D eigenvalue weighted by Crippen LogP contribution is 2.34. The molecule has 0 saturated heterocycles. The van der Waals surface area contributed by atoms with Crippen LogP contribution in [0.1, 0.15) is 39.3 Å². The molecule has 0 spiro atoms. The van der Waals surface area contributed by atoms with Crippen LogP contribution in [0.2, 0.25) is 0 Å². The fourth-order valence-corrected chi connectivity index (χ4v) is 6.13. The van der Waals surface area contributed by atoms with E-state index in [9.17, 15) is 9.59 Å². The number of aromatic nitrogens is 3. The summed E-state index contributed by atoms with van der Waals surface area (Å²) in [6.45, 7) is 0.451.